The number of rotatable bonds is 8. The lowest BCUT2D eigenvalue weighted by molar-refractivity contribution is -0.0997. The zero-order chi connectivity index (χ0) is 11.0. The van der Waals surface area contributed by atoms with Crippen LogP contribution < -0.4 is 5.32 Å². The molecule has 0 saturated carbocycles. The molecule has 0 aliphatic heterocycles. The minimum Gasteiger partial charge on any atom is -0.355 e. The molecule has 2 unspecified atom stereocenters. The summed E-state index contributed by atoms with van der Waals surface area (Å²) in [6.07, 6.45) is 2.42. The third-order valence-electron chi connectivity index (χ3n) is 2.00. The first kappa shape index (κ1) is 14.0. The number of ether oxygens (including phenoxy) is 2. The van der Waals surface area contributed by atoms with Gasteiger partial charge in [0.2, 0.25) is 0 Å². The highest BCUT2D eigenvalue weighted by molar-refractivity contribution is 7.84. The molecule has 0 heterocycles. The highest BCUT2D eigenvalue weighted by Gasteiger charge is 2.07. The van der Waals surface area contributed by atoms with Gasteiger partial charge in [0.25, 0.3) is 0 Å². The Morgan fingerprint density at radius 1 is 1.36 bits per heavy atom. The van der Waals surface area contributed by atoms with Gasteiger partial charge in [-0.15, -0.1) is 0 Å². The first-order chi connectivity index (χ1) is 6.60. The fourth-order valence-electron chi connectivity index (χ4n) is 1.01. The maximum atomic E-state index is 10.8. The maximum absolute atomic E-state index is 10.8. The summed E-state index contributed by atoms with van der Waals surface area (Å²) < 4.78 is 20.9. The van der Waals surface area contributed by atoms with E-state index < -0.39 is 10.8 Å². The molecule has 0 amide bonds. The van der Waals surface area contributed by atoms with E-state index in [2.05, 4.69) is 12.2 Å². The molecule has 0 aromatic heterocycles. The summed E-state index contributed by atoms with van der Waals surface area (Å²) in [5.41, 5.74) is 0. The molecule has 0 aliphatic carbocycles. The molecule has 86 valence electrons. The maximum Gasteiger partial charge on any atom is 0.169 e. The Kier molecular flexibility index (Phi) is 8.37. The van der Waals surface area contributed by atoms with Gasteiger partial charge in [0.15, 0.2) is 6.29 Å². The molecule has 0 aromatic rings. The van der Waals surface area contributed by atoms with Crippen LogP contribution >= 0.6 is 0 Å². The molecular formula is C9H21NO3S. The molecule has 0 bridgehead atoms. The fraction of sp³-hybridized carbons (Fsp3) is 1.00. The zero-order valence-electron chi connectivity index (χ0n) is 9.41. The Balaban J connectivity index is 3.51. The highest BCUT2D eigenvalue weighted by Crippen LogP contribution is 1.94. The monoisotopic (exact) mass is 223 g/mol. The molecule has 0 aliphatic rings. The van der Waals surface area contributed by atoms with Crippen molar-refractivity contribution in [3.05, 3.63) is 0 Å². The molecule has 0 fully saturated rings. The topological polar surface area (TPSA) is 47.6 Å². The molecular weight excluding hydrogens is 202 g/mol. The van der Waals surface area contributed by atoms with Crippen molar-refractivity contribution in [2.75, 3.05) is 32.8 Å². The van der Waals surface area contributed by atoms with E-state index in [1.807, 2.05) is 0 Å². The van der Waals surface area contributed by atoms with Crippen LogP contribution in [0.3, 0.4) is 0 Å². The van der Waals surface area contributed by atoms with Crippen molar-refractivity contribution in [2.24, 2.45) is 0 Å². The van der Waals surface area contributed by atoms with Gasteiger partial charge in [0.05, 0.1) is 0 Å². The Hall–Kier alpha value is 0.0300. The van der Waals surface area contributed by atoms with Crippen molar-refractivity contribution < 1.29 is 13.7 Å². The summed E-state index contributed by atoms with van der Waals surface area (Å²) in [5.74, 6) is 0.735. The van der Waals surface area contributed by atoms with Gasteiger partial charge in [-0.25, -0.2) is 0 Å². The van der Waals surface area contributed by atoms with Crippen LogP contribution in [0.4, 0.5) is 0 Å². The van der Waals surface area contributed by atoms with E-state index in [1.54, 1.807) is 20.5 Å². The Labute approximate surface area is 88.8 Å². The molecule has 4 nitrogen and oxygen atoms in total. The quantitative estimate of drug-likeness (QED) is 0.603. The SMILES string of the molecule is COC(CNC(C)CCS(C)=O)OC. The average molecular weight is 223 g/mol. The molecule has 0 aromatic carbocycles. The Morgan fingerprint density at radius 2 is 1.93 bits per heavy atom. The number of hydrogen-bond donors (Lipinski definition) is 1. The van der Waals surface area contributed by atoms with Crippen molar-refractivity contribution in [1.29, 1.82) is 0 Å². The van der Waals surface area contributed by atoms with Crippen molar-refractivity contribution in [2.45, 2.75) is 25.7 Å². The van der Waals surface area contributed by atoms with Crippen LogP contribution in [0.25, 0.3) is 0 Å². The van der Waals surface area contributed by atoms with Crippen molar-refractivity contribution >= 4 is 10.8 Å². The predicted molar refractivity (Wildman–Crippen MR) is 58.8 cm³/mol. The molecule has 14 heavy (non-hydrogen) atoms. The second kappa shape index (κ2) is 8.35. The molecule has 0 spiro atoms. The van der Waals surface area contributed by atoms with E-state index in [0.29, 0.717) is 12.6 Å². The zero-order valence-corrected chi connectivity index (χ0v) is 10.2. The minimum atomic E-state index is -0.707. The van der Waals surface area contributed by atoms with Gasteiger partial charge >= 0.3 is 0 Å². The lowest BCUT2D eigenvalue weighted by Gasteiger charge is -2.18. The smallest absolute Gasteiger partial charge is 0.169 e. The summed E-state index contributed by atoms with van der Waals surface area (Å²) >= 11 is 0. The molecule has 1 N–H and O–H groups in total. The standard InChI is InChI=1S/C9H21NO3S/c1-8(5-6-14(4)11)10-7-9(12-2)13-3/h8-10H,5-7H2,1-4H3. The minimum absolute atomic E-state index is 0.204. The Morgan fingerprint density at radius 3 is 2.36 bits per heavy atom. The molecule has 0 rings (SSSR count). The van der Waals surface area contributed by atoms with Crippen LogP contribution in [-0.4, -0.2) is 49.3 Å². The summed E-state index contributed by atoms with van der Waals surface area (Å²) in [5, 5.41) is 3.26. The van der Waals surface area contributed by atoms with Crippen LogP contribution in [0.15, 0.2) is 0 Å². The summed E-state index contributed by atoms with van der Waals surface area (Å²) in [7, 11) is 2.52. The van der Waals surface area contributed by atoms with Crippen molar-refractivity contribution in [3.8, 4) is 0 Å². The number of methoxy groups -OCH3 is 2. The van der Waals surface area contributed by atoms with Gasteiger partial charge in [-0.3, -0.25) is 4.21 Å². The van der Waals surface area contributed by atoms with Crippen LogP contribution in [0, 0.1) is 0 Å². The number of nitrogens with one attached hydrogen (secondary N) is 1. The van der Waals surface area contributed by atoms with E-state index in [-0.39, 0.29) is 6.29 Å². The Bertz CT molecular complexity index is 162. The third kappa shape index (κ3) is 7.44. The molecule has 5 heteroatoms. The van der Waals surface area contributed by atoms with Gasteiger partial charge in [0.1, 0.15) is 0 Å². The second-order valence-electron chi connectivity index (χ2n) is 3.28. The summed E-state index contributed by atoms with van der Waals surface area (Å²) in [6, 6.07) is 0.340. The van der Waals surface area contributed by atoms with Gasteiger partial charge in [-0.05, 0) is 13.3 Å². The lowest BCUT2D eigenvalue weighted by Crippen LogP contribution is -2.36. The largest absolute Gasteiger partial charge is 0.355 e. The van der Waals surface area contributed by atoms with E-state index in [0.717, 1.165) is 12.2 Å². The predicted octanol–water partition coefficient (Wildman–Crippen LogP) is 0.352. The van der Waals surface area contributed by atoms with E-state index >= 15 is 0 Å². The second-order valence-corrected chi connectivity index (χ2v) is 4.83. The first-order valence-electron chi connectivity index (χ1n) is 4.69. The molecule has 2 atom stereocenters. The van der Waals surface area contributed by atoms with Gasteiger partial charge in [-0.2, -0.15) is 0 Å². The van der Waals surface area contributed by atoms with E-state index in [9.17, 15) is 4.21 Å². The highest BCUT2D eigenvalue weighted by atomic mass is 32.2. The van der Waals surface area contributed by atoms with Gasteiger partial charge < -0.3 is 14.8 Å². The van der Waals surface area contributed by atoms with Crippen LogP contribution in [-0.2, 0) is 20.3 Å². The molecule has 0 radical (unpaired) electrons. The van der Waals surface area contributed by atoms with Crippen molar-refractivity contribution in [3.63, 3.8) is 0 Å². The van der Waals surface area contributed by atoms with E-state index in [4.69, 9.17) is 9.47 Å². The van der Waals surface area contributed by atoms with Gasteiger partial charge in [0, 0.05) is 49.6 Å². The molecule has 0 saturated heterocycles. The van der Waals surface area contributed by atoms with Crippen LogP contribution in [0.2, 0.25) is 0 Å². The normalized spacial score (nSPS) is 15.8. The first-order valence-corrected chi connectivity index (χ1v) is 6.41. The van der Waals surface area contributed by atoms with Gasteiger partial charge in [-0.1, -0.05) is 0 Å². The summed E-state index contributed by atoms with van der Waals surface area (Å²) in [6.45, 7) is 2.72. The number of hydrogen-bond acceptors (Lipinski definition) is 4. The average Bonchev–Trinajstić information content (AvgIpc) is 2.16. The van der Waals surface area contributed by atoms with Crippen LogP contribution in [0.1, 0.15) is 13.3 Å². The van der Waals surface area contributed by atoms with Crippen molar-refractivity contribution in [1.82, 2.24) is 5.32 Å². The third-order valence-corrected chi connectivity index (χ3v) is 2.81. The lowest BCUT2D eigenvalue weighted by atomic mass is 10.2. The van der Waals surface area contributed by atoms with E-state index in [1.165, 1.54) is 0 Å². The van der Waals surface area contributed by atoms with Crippen LogP contribution in [0.5, 0.6) is 0 Å². The summed E-state index contributed by atoms with van der Waals surface area (Å²) in [4.78, 5) is 0. The fourth-order valence-corrected chi connectivity index (χ4v) is 1.69.